The van der Waals surface area contributed by atoms with Crippen LogP contribution in [0.4, 0.5) is 0 Å². The van der Waals surface area contributed by atoms with Gasteiger partial charge in [-0.2, -0.15) is 0 Å². The van der Waals surface area contributed by atoms with Gasteiger partial charge in [-0.3, -0.25) is 9.80 Å². The lowest BCUT2D eigenvalue weighted by Gasteiger charge is -2.40. The highest BCUT2D eigenvalue weighted by molar-refractivity contribution is 5.16. The quantitative estimate of drug-likeness (QED) is 0.774. The third kappa shape index (κ3) is 4.74. The van der Waals surface area contributed by atoms with Crippen LogP contribution in [0, 0.1) is 6.92 Å². The fourth-order valence-corrected chi connectivity index (χ4v) is 3.97. The van der Waals surface area contributed by atoms with Crippen LogP contribution >= 0.6 is 0 Å². The fourth-order valence-electron chi connectivity index (χ4n) is 3.97. The minimum Gasteiger partial charge on any atom is -0.466 e. The first-order valence-corrected chi connectivity index (χ1v) is 9.51. The van der Waals surface area contributed by atoms with Gasteiger partial charge < -0.3 is 4.42 Å². The normalized spacial score (nSPS) is 18.4. The lowest BCUT2D eigenvalue weighted by molar-refractivity contribution is 0.0845. The van der Waals surface area contributed by atoms with Crippen molar-refractivity contribution < 1.29 is 4.42 Å². The number of benzene rings is 1. The Kier molecular flexibility index (Phi) is 5.65. The van der Waals surface area contributed by atoms with Crippen molar-refractivity contribution in [2.75, 3.05) is 26.2 Å². The molecule has 0 bridgehead atoms. The molecule has 1 aromatic heterocycles. The Bertz CT molecular complexity index is 654. The predicted octanol–water partition coefficient (Wildman–Crippen LogP) is 4.46. The van der Waals surface area contributed by atoms with E-state index in [2.05, 4.69) is 73.0 Å². The maximum atomic E-state index is 5.89. The zero-order valence-corrected chi connectivity index (χ0v) is 16.2. The smallest absolute Gasteiger partial charge is 0.109 e. The molecule has 0 aliphatic carbocycles. The highest BCUT2D eigenvalue weighted by atomic mass is 16.3. The van der Waals surface area contributed by atoms with E-state index in [0.29, 0.717) is 6.04 Å². The Morgan fingerprint density at radius 1 is 1.00 bits per heavy atom. The minimum atomic E-state index is 0.0782. The summed E-state index contributed by atoms with van der Waals surface area (Å²) in [6, 6.07) is 15.6. The zero-order chi connectivity index (χ0) is 17.9. The van der Waals surface area contributed by atoms with Crippen LogP contribution in [0.15, 0.2) is 46.9 Å². The van der Waals surface area contributed by atoms with Gasteiger partial charge in [0.05, 0.1) is 0 Å². The first-order valence-electron chi connectivity index (χ1n) is 9.51. The number of nitrogens with zero attached hydrogens (tertiary/aromatic N) is 2. The summed E-state index contributed by atoms with van der Waals surface area (Å²) >= 11 is 0. The first kappa shape index (κ1) is 18.2. The van der Waals surface area contributed by atoms with E-state index in [1.165, 1.54) is 5.56 Å². The monoisotopic (exact) mass is 340 g/mol. The van der Waals surface area contributed by atoms with Crippen LogP contribution in [-0.2, 0) is 12.0 Å². The van der Waals surface area contributed by atoms with Crippen LogP contribution in [0.5, 0.6) is 0 Å². The molecule has 3 nitrogen and oxygen atoms in total. The fraction of sp³-hybridized carbons (Fsp3) is 0.545. The number of aryl methyl sites for hydroxylation is 1. The van der Waals surface area contributed by atoms with E-state index in [0.717, 1.165) is 50.7 Å². The number of hydrogen-bond acceptors (Lipinski definition) is 3. The van der Waals surface area contributed by atoms with Crippen molar-refractivity contribution in [3.63, 3.8) is 0 Å². The Labute approximate surface area is 152 Å². The third-order valence-electron chi connectivity index (χ3n) is 5.49. The summed E-state index contributed by atoms with van der Waals surface area (Å²) < 4.78 is 5.89. The van der Waals surface area contributed by atoms with Crippen molar-refractivity contribution in [2.24, 2.45) is 0 Å². The van der Waals surface area contributed by atoms with Gasteiger partial charge in [0, 0.05) is 44.2 Å². The minimum absolute atomic E-state index is 0.0782. The Hall–Kier alpha value is -1.58. The zero-order valence-electron chi connectivity index (χ0n) is 16.2. The molecule has 1 atom stereocenters. The largest absolute Gasteiger partial charge is 0.466 e. The topological polar surface area (TPSA) is 19.6 Å². The highest BCUT2D eigenvalue weighted by Gasteiger charge is 2.30. The summed E-state index contributed by atoms with van der Waals surface area (Å²) in [7, 11) is 0. The lowest BCUT2D eigenvalue weighted by atomic mass is 9.83. The number of furan rings is 1. The van der Waals surface area contributed by atoms with Crippen molar-refractivity contribution in [1.29, 1.82) is 0 Å². The van der Waals surface area contributed by atoms with Crippen LogP contribution in [0.25, 0.3) is 0 Å². The van der Waals surface area contributed by atoms with Gasteiger partial charge in [0.15, 0.2) is 0 Å². The van der Waals surface area contributed by atoms with Gasteiger partial charge in [-0.1, -0.05) is 44.2 Å². The standard InChI is InChI=1S/C22H32N2O/c1-18(16-22(3,4)21-11-10-19(2)25-21)24-14-12-23(13-15-24)17-20-8-6-5-7-9-20/h5-11,18H,12-17H2,1-4H3/t18-/m0/s1. The number of hydrogen-bond donors (Lipinski definition) is 0. The van der Waals surface area contributed by atoms with Crippen molar-refractivity contribution in [3.05, 3.63) is 59.5 Å². The van der Waals surface area contributed by atoms with Crippen molar-refractivity contribution in [3.8, 4) is 0 Å². The van der Waals surface area contributed by atoms with Gasteiger partial charge in [-0.25, -0.2) is 0 Å². The predicted molar refractivity (Wildman–Crippen MR) is 104 cm³/mol. The molecule has 1 fully saturated rings. The van der Waals surface area contributed by atoms with E-state index in [1.807, 2.05) is 6.92 Å². The van der Waals surface area contributed by atoms with Crippen LogP contribution in [-0.4, -0.2) is 42.0 Å². The third-order valence-corrected chi connectivity index (χ3v) is 5.49. The average Bonchev–Trinajstić information content (AvgIpc) is 3.03. The molecule has 1 saturated heterocycles. The maximum Gasteiger partial charge on any atom is 0.109 e. The average molecular weight is 341 g/mol. The first-order chi connectivity index (χ1) is 11.9. The Morgan fingerprint density at radius 3 is 2.28 bits per heavy atom. The van der Waals surface area contributed by atoms with E-state index in [9.17, 15) is 0 Å². The van der Waals surface area contributed by atoms with E-state index in [4.69, 9.17) is 4.42 Å². The van der Waals surface area contributed by atoms with Crippen LogP contribution < -0.4 is 0 Å². The SMILES string of the molecule is Cc1ccc(C(C)(C)C[C@H](C)N2CCN(Cc3ccccc3)CC2)o1. The van der Waals surface area contributed by atoms with Crippen molar-refractivity contribution in [1.82, 2.24) is 9.80 Å². The molecule has 2 heterocycles. The second kappa shape index (κ2) is 7.76. The lowest BCUT2D eigenvalue weighted by Crippen LogP contribution is -2.50. The van der Waals surface area contributed by atoms with E-state index < -0.39 is 0 Å². The van der Waals surface area contributed by atoms with Crippen molar-refractivity contribution in [2.45, 2.75) is 52.1 Å². The molecule has 0 saturated carbocycles. The van der Waals surface area contributed by atoms with Crippen LogP contribution in [0.2, 0.25) is 0 Å². The van der Waals surface area contributed by atoms with E-state index >= 15 is 0 Å². The summed E-state index contributed by atoms with van der Waals surface area (Å²) in [6.45, 7) is 14.7. The molecule has 0 unspecified atom stereocenters. The number of piperazine rings is 1. The molecule has 136 valence electrons. The van der Waals surface area contributed by atoms with E-state index in [-0.39, 0.29) is 5.41 Å². The van der Waals surface area contributed by atoms with Gasteiger partial charge >= 0.3 is 0 Å². The molecule has 3 heteroatoms. The molecule has 0 spiro atoms. The molecule has 3 rings (SSSR count). The van der Waals surface area contributed by atoms with Gasteiger partial charge in [-0.05, 0) is 38.0 Å². The summed E-state index contributed by atoms with van der Waals surface area (Å²) in [6.07, 6.45) is 1.12. The van der Waals surface area contributed by atoms with Gasteiger partial charge in [-0.15, -0.1) is 0 Å². The van der Waals surface area contributed by atoms with Crippen LogP contribution in [0.1, 0.15) is 44.3 Å². The maximum absolute atomic E-state index is 5.89. The molecular formula is C22H32N2O. The number of rotatable bonds is 6. The molecule has 1 aliphatic rings. The van der Waals surface area contributed by atoms with Gasteiger partial charge in [0.25, 0.3) is 0 Å². The summed E-state index contributed by atoms with van der Waals surface area (Å²) in [5, 5.41) is 0. The molecule has 0 amide bonds. The van der Waals surface area contributed by atoms with Gasteiger partial charge in [0.1, 0.15) is 11.5 Å². The summed E-state index contributed by atoms with van der Waals surface area (Å²) in [4.78, 5) is 5.21. The summed E-state index contributed by atoms with van der Waals surface area (Å²) in [5.41, 5.74) is 1.49. The van der Waals surface area contributed by atoms with Crippen LogP contribution in [0.3, 0.4) is 0 Å². The molecular weight excluding hydrogens is 308 g/mol. The van der Waals surface area contributed by atoms with E-state index in [1.54, 1.807) is 0 Å². The molecule has 1 aromatic carbocycles. The molecule has 2 aromatic rings. The molecule has 25 heavy (non-hydrogen) atoms. The molecule has 0 radical (unpaired) electrons. The van der Waals surface area contributed by atoms with Crippen molar-refractivity contribution >= 4 is 0 Å². The molecule has 1 aliphatic heterocycles. The second-order valence-electron chi connectivity index (χ2n) is 8.15. The highest BCUT2D eigenvalue weighted by Crippen LogP contribution is 2.31. The second-order valence-corrected chi connectivity index (χ2v) is 8.15. The van der Waals surface area contributed by atoms with Gasteiger partial charge in [0.2, 0.25) is 0 Å². The molecule has 0 N–H and O–H groups in total. The summed E-state index contributed by atoms with van der Waals surface area (Å²) in [5.74, 6) is 2.12. The Balaban J connectivity index is 1.50. The Morgan fingerprint density at radius 2 is 1.68 bits per heavy atom.